The second-order valence-electron chi connectivity index (χ2n) is 5.58. The number of rotatable bonds is 4. The van der Waals surface area contributed by atoms with Crippen molar-refractivity contribution < 1.29 is 23.9 Å². The normalized spacial score (nSPS) is 12.4. The summed E-state index contributed by atoms with van der Waals surface area (Å²) in [5, 5.41) is 9.57. The molecular weight excluding hydrogens is 326 g/mol. The van der Waals surface area contributed by atoms with Crippen LogP contribution in [0.15, 0.2) is 18.2 Å². The molecule has 25 heavy (non-hydrogen) atoms. The number of H-pyrrole nitrogens is 1. The second kappa shape index (κ2) is 6.76. The number of ether oxygens (including phenoxy) is 2. The quantitative estimate of drug-likeness (QED) is 0.818. The van der Waals surface area contributed by atoms with Gasteiger partial charge in [0.05, 0.1) is 31.0 Å². The molecule has 0 aliphatic heterocycles. The lowest BCUT2D eigenvalue weighted by Crippen LogP contribution is -2.18. The molecule has 0 fully saturated rings. The van der Waals surface area contributed by atoms with Crippen LogP contribution in [0.2, 0.25) is 0 Å². The van der Waals surface area contributed by atoms with E-state index in [1.54, 1.807) is 0 Å². The fraction of sp³-hybridized carbons (Fsp3) is 0.294. The summed E-state index contributed by atoms with van der Waals surface area (Å²) in [6.07, 6.45) is 2.61. The van der Waals surface area contributed by atoms with Crippen LogP contribution in [0.1, 0.15) is 48.9 Å². The standard InChI is InChI=1S/C17H17N3O5/c1-24-16(22)9-6-7-11(17(23)25-2)13(8-9)18-15(21)14-10-4-3-5-12(10)19-20-14/h6-8H,3-5H2,1-2H3,(H,18,21)(H,19,20). The van der Waals surface area contributed by atoms with Crippen molar-refractivity contribution in [2.24, 2.45) is 0 Å². The van der Waals surface area contributed by atoms with E-state index in [2.05, 4.69) is 20.3 Å². The molecule has 1 aromatic heterocycles. The maximum absolute atomic E-state index is 12.6. The number of hydrogen-bond donors (Lipinski definition) is 2. The number of carbonyl (C=O) groups is 3. The molecule has 1 amide bonds. The Bertz CT molecular complexity index is 856. The van der Waals surface area contributed by atoms with Gasteiger partial charge in [-0.05, 0) is 37.5 Å². The number of methoxy groups -OCH3 is 2. The minimum atomic E-state index is -0.626. The minimum Gasteiger partial charge on any atom is -0.465 e. The molecule has 0 bridgehead atoms. The van der Waals surface area contributed by atoms with E-state index in [4.69, 9.17) is 4.74 Å². The molecule has 130 valence electrons. The van der Waals surface area contributed by atoms with Crippen molar-refractivity contribution >= 4 is 23.5 Å². The molecule has 0 spiro atoms. The fourth-order valence-electron chi connectivity index (χ4n) is 2.87. The Hall–Kier alpha value is -3.16. The zero-order valence-electron chi connectivity index (χ0n) is 13.8. The van der Waals surface area contributed by atoms with Gasteiger partial charge < -0.3 is 14.8 Å². The van der Waals surface area contributed by atoms with E-state index in [0.29, 0.717) is 5.69 Å². The molecule has 1 aliphatic rings. The average molecular weight is 343 g/mol. The summed E-state index contributed by atoms with van der Waals surface area (Å²) < 4.78 is 9.39. The van der Waals surface area contributed by atoms with Crippen LogP contribution < -0.4 is 5.32 Å². The van der Waals surface area contributed by atoms with Crippen LogP contribution in [0.4, 0.5) is 5.69 Å². The van der Waals surface area contributed by atoms with Crippen LogP contribution in [0.5, 0.6) is 0 Å². The van der Waals surface area contributed by atoms with Crippen molar-refractivity contribution in [2.45, 2.75) is 19.3 Å². The zero-order chi connectivity index (χ0) is 18.0. The minimum absolute atomic E-state index is 0.135. The highest BCUT2D eigenvalue weighted by atomic mass is 16.5. The first-order valence-electron chi connectivity index (χ1n) is 7.73. The van der Waals surface area contributed by atoms with Gasteiger partial charge in [-0.25, -0.2) is 9.59 Å². The fourth-order valence-corrected chi connectivity index (χ4v) is 2.87. The number of aromatic nitrogens is 2. The molecule has 8 heteroatoms. The molecule has 8 nitrogen and oxygen atoms in total. The molecular formula is C17H17N3O5. The van der Waals surface area contributed by atoms with Gasteiger partial charge in [0.1, 0.15) is 0 Å². The third-order valence-electron chi connectivity index (χ3n) is 4.12. The van der Waals surface area contributed by atoms with Crippen molar-refractivity contribution in [3.8, 4) is 0 Å². The lowest BCUT2D eigenvalue weighted by atomic mass is 10.1. The first-order valence-corrected chi connectivity index (χ1v) is 7.73. The first kappa shape index (κ1) is 16.7. The summed E-state index contributed by atoms with van der Waals surface area (Å²) in [4.78, 5) is 36.2. The summed E-state index contributed by atoms with van der Waals surface area (Å²) in [7, 11) is 2.49. The molecule has 1 heterocycles. The van der Waals surface area contributed by atoms with Crippen molar-refractivity contribution in [3.05, 3.63) is 46.3 Å². The number of hydrogen-bond acceptors (Lipinski definition) is 6. The van der Waals surface area contributed by atoms with Gasteiger partial charge in [0.15, 0.2) is 5.69 Å². The third-order valence-corrected chi connectivity index (χ3v) is 4.12. The van der Waals surface area contributed by atoms with Crippen molar-refractivity contribution in [2.75, 3.05) is 19.5 Å². The Morgan fingerprint density at radius 1 is 1.12 bits per heavy atom. The van der Waals surface area contributed by atoms with E-state index in [1.807, 2.05) is 0 Å². The van der Waals surface area contributed by atoms with E-state index in [1.165, 1.54) is 32.4 Å². The molecule has 2 N–H and O–H groups in total. The number of benzene rings is 1. The molecule has 0 saturated heterocycles. The Labute approximate surface area is 143 Å². The van der Waals surface area contributed by atoms with Gasteiger partial charge in [0.25, 0.3) is 5.91 Å². The van der Waals surface area contributed by atoms with Crippen LogP contribution in [0.3, 0.4) is 0 Å². The Kier molecular flexibility index (Phi) is 4.51. The van der Waals surface area contributed by atoms with Crippen LogP contribution >= 0.6 is 0 Å². The van der Waals surface area contributed by atoms with E-state index in [0.717, 1.165) is 30.5 Å². The average Bonchev–Trinajstić information content (AvgIpc) is 3.23. The largest absolute Gasteiger partial charge is 0.465 e. The predicted octanol–water partition coefficient (Wildman–Crippen LogP) is 1.72. The Morgan fingerprint density at radius 3 is 2.60 bits per heavy atom. The maximum Gasteiger partial charge on any atom is 0.339 e. The van der Waals surface area contributed by atoms with Gasteiger partial charge in [0.2, 0.25) is 0 Å². The van der Waals surface area contributed by atoms with E-state index >= 15 is 0 Å². The summed E-state index contributed by atoms with van der Waals surface area (Å²) in [6.45, 7) is 0. The summed E-state index contributed by atoms with van der Waals surface area (Å²) in [5.41, 5.74) is 2.65. The zero-order valence-corrected chi connectivity index (χ0v) is 13.8. The smallest absolute Gasteiger partial charge is 0.339 e. The van der Waals surface area contributed by atoms with E-state index < -0.39 is 17.8 Å². The van der Waals surface area contributed by atoms with Gasteiger partial charge in [-0.1, -0.05) is 0 Å². The number of aryl methyl sites for hydroxylation is 1. The molecule has 0 saturated carbocycles. The number of fused-ring (bicyclic) bond motifs is 1. The van der Waals surface area contributed by atoms with Gasteiger partial charge in [-0.2, -0.15) is 5.10 Å². The number of carbonyl (C=O) groups excluding carboxylic acids is 3. The van der Waals surface area contributed by atoms with Gasteiger partial charge in [-0.15, -0.1) is 0 Å². The molecule has 1 aromatic carbocycles. The van der Waals surface area contributed by atoms with Crippen LogP contribution in [0.25, 0.3) is 0 Å². The van der Waals surface area contributed by atoms with Crippen molar-refractivity contribution in [1.29, 1.82) is 0 Å². The van der Waals surface area contributed by atoms with Gasteiger partial charge >= 0.3 is 11.9 Å². The van der Waals surface area contributed by atoms with E-state index in [-0.39, 0.29) is 16.8 Å². The third kappa shape index (κ3) is 3.10. The summed E-state index contributed by atoms with van der Waals surface area (Å²) in [6, 6.07) is 4.21. The number of anilines is 1. The number of nitrogens with one attached hydrogen (secondary N) is 2. The van der Waals surface area contributed by atoms with Gasteiger partial charge in [-0.3, -0.25) is 9.89 Å². The molecule has 0 unspecified atom stereocenters. The van der Waals surface area contributed by atoms with Crippen LogP contribution in [-0.2, 0) is 22.3 Å². The lowest BCUT2D eigenvalue weighted by Gasteiger charge is -2.11. The predicted molar refractivity (Wildman–Crippen MR) is 87.7 cm³/mol. The van der Waals surface area contributed by atoms with Crippen molar-refractivity contribution in [1.82, 2.24) is 10.2 Å². The molecule has 1 aliphatic carbocycles. The first-order chi connectivity index (χ1) is 12.0. The summed E-state index contributed by atoms with van der Waals surface area (Å²) in [5.74, 6) is -1.65. The molecule has 2 aromatic rings. The van der Waals surface area contributed by atoms with E-state index in [9.17, 15) is 14.4 Å². The number of nitrogens with zero attached hydrogens (tertiary/aromatic N) is 1. The molecule has 0 radical (unpaired) electrons. The van der Waals surface area contributed by atoms with Gasteiger partial charge in [0, 0.05) is 11.3 Å². The molecule has 0 atom stereocenters. The Morgan fingerprint density at radius 2 is 1.88 bits per heavy atom. The number of aromatic amines is 1. The highest BCUT2D eigenvalue weighted by Crippen LogP contribution is 2.25. The number of esters is 2. The monoisotopic (exact) mass is 343 g/mol. The van der Waals surface area contributed by atoms with Crippen LogP contribution in [0, 0.1) is 0 Å². The highest BCUT2D eigenvalue weighted by Gasteiger charge is 2.24. The second-order valence-corrected chi connectivity index (χ2v) is 5.58. The van der Waals surface area contributed by atoms with Crippen molar-refractivity contribution in [3.63, 3.8) is 0 Å². The topological polar surface area (TPSA) is 110 Å². The maximum atomic E-state index is 12.6. The highest BCUT2D eigenvalue weighted by molar-refractivity contribution is 6.08. The molecule has 3 rings (SSSR count). The lowest BCUT2D eigenvalue weighted by molar-refractivity contribution is 0.0587. The SMILES string of the molecule is COC(=O)c1ccc(C(=O)OC)c(NC(=O)c2n[nH]c3c2CCC3)c1. The summed E-state index contributed by atoms with van der Waals surface area (Å²) >= 11 is 0. The number of amides is 1. The Balaban J connectivity index is 1.94. The van der Waals surface area contributed by atoms with Crippen LogP contribution in [-0.4, -0.2) is 42.3 Å².